The zero-order valence-electron chi connectivity index (χ0n) is 11.8. The molecule has 0 bridgehead atoms. The largest absolute Gasteiger partial charge is 0.337 e. The summed E-state index contributed by atoms with van der Waals surface area (Å²) in [6.07, 6.45) is 1.23. The van der Waals surface area contributed by atoms with Gasteiger partial charge in [-0.05, 0) is 46.8 Å². The van der Waals surface area contributed by atoms with Crippen molar-refractivity contribution >= 4 is 28.6 Å². The summed E-state index contributed by atoms with van der Waals surface area (Å²) in [5.74, 6) is 0.207. The number of hydrogen-bond acceptors (Lipinski definition) is 4. The molecule has 0 aromatic carbocycles. The minimum atomic E-state index is 0.207. The third-order valence-corrected chi connectivity index (χ3v) is 6.03. The van der Waals surface area contributed by atoms with Gasteiger partial charge in [0, 0.05) is 37.0 Å². The molecule has 2 aromatic rings. The van der Waals surface area contributed by atoms with Crippen LogP contribution in [0.3, 0.4) is 0 Å². The van der Waals surface area contributed by atoms with Gasteiger partial charge in [0.2, 0.25) is 0 Å². The van der Waals surface area contributed by atoms with E-state index in [1.54, 1.807) is 22.7 Å². The lowest BCUT2D eigenvalue weighted by atomic mass is 9.79. The van der Waals surface area contributed by atoms with E-state index < -0.39 is 0 Å². The van der Waals surface area contributed by atoms with Crippen molar-refractivity contribution < 1.29 is 4.79 Å². The summed E-state index contributed by atoms with van der Waals surface area (Å²) >= 11 is 3.36. The van der Waals surface area contributed by atoms with Gasteiger partial charge in [-0.1, -0.05) is 0 Å². The Bertz CT molecular complexity index is 615. The summed E-state index contributed by atoms with van der Waals surface area (Å²) in [4.78, 5) is 16.8. The average molecular weight is 318 g/mol. The molecule has 4 rings (SSSR count). The highest BCUT2D eigenvalue weighted by Gasteiger charge is 2.49. The number of nitrogens with zero attached hydrogens (tertiary/aromatic N) is 2. The lowest BCUT2D eigenvalue weighted by Gasteiger charge is -2.48. The van der Waals surface area contributed by atoms with Crippen molar-refractivity contribution in [1.29, 1.82) is 0 Å². The molecule has 2 saturated heterocycles. The zero-order chi connectivity index (χ0) is 14.3. The van der Waals surface area contributed by atoms with Crippen LogP contribution in [-0.4, -0.2) is 41.9 Å². The predicted molar refractivity (Wildman–Crippen MR) is 86.9 cm³/mol. The van der Waals surface area contributed by atoms with Crippen LogP contribution in [0.4, 0.5) is 0 Å². The molecule has 0 unspecified atom stereocenters. The Morgan fingerprint density at radius 2 is 1.95 bits per heavy atom. The number of thiophene rings is 2. The molecule has 110 valence electrons. The Hall–Kier alpha value is -1.17. The Morgan fingerprint density at radius 1 is 1.14 bits per heavy atom. The molecule has 3 nitrogen and oxygen atoms in total. The summed E-state index contributed by atoms with van der Waals surface area (Å²) in [5.41, 5.74) is 2.63. The average Bonchev–Trinajstić information content (AvgIpc) is 3.18. The molecule has 2 fully saturated rings. The number of rotatable bonds is 3. The van der Waals surface area contributed by atoms with E-state index in [4.69, 9.17) is 0 Å². The minimum absolute atomic E-state index is 0.207. The Balaban J connectivity index is 1.34. The van der Waals surface area contributed by atoms with Crippen LogP contribution in [0, 0.1) is 5.41 Å². The monoisotopic (exact) mass is 318 g/mol. The van der Waals surface area contributed by atoms with Gasteiger partial charge in [-0.15, -0.1) is 0 Å². The van der Waals surface area contributed by atoms with Gasteiger partial charge in [0.1, 0.15) is 0 Å². The highest BCUT2D eigenvalue weighted by atomic mass is 32.1. The first-order chi connectivity index (χ1) is 10.2. The molecule has 0 aliphatic carbocycles. The molecular weight excluding hydrogens is 300 g/mol. The summed E-state index contributed by atoms with van der Waals surface area (Å²) in [5, 5.41) is 8.30. The van der Waals surface area contributed by atoms with Crippen LogP contribution >= 0.6 is 22.7 Å². The molecular formula is C16H18N2OS2. The van der Waals surface area contributed by atoms with E-state index >= 15 is 0 Å². The van der Waals surface area contributed by atoms with E-state index in [2.05, 4.69) is 21.7 Å². The first-order valence-corrected chi connectivity index (χ1v) is 9.18. The second kappa shape index (κ2) is 5.23. The molecule has 1 amide bonds. The molecule has 4 heterocycles. The van der Waals surface area contributed by atoms with E-state index in [-0.39, 0.29) is 5.91 Å². The highest BCUT2D eigenvalue weighted by molar-refractivity contribution is 7.08. The van der Waals surface area contributed by atoms with Gasteiger partial charge in [0.25, 0.3) is 5.91 Å². The number of carbonyl (C=O) groups is 1. The lowest BCUT2D eigenvalue weighted by molar-refractivity contribution is 0.0104. The van der Waals surface area contributed by atoms with Crippen molar-refractivity contribution in [2.45, 2.75) is 13.0 Å². The topological polar surface area (TPSA) is 23.6 Å². The summed E-state index contributed by atoms with van der Waals surface area (Å²) < 4.78 is 0. The number of amides is 1. The van der Waals surface area contributed by atoms with Crippen LogP contribution < -0.4 is 0 Å². The Kier molecular flexibility index (Phi) is 3.36. The molecule has 5 heteroatoms. The van der Waals surface area contributed by atoms with Gasteiger partial charge < -0.3 is 4.90 Å². The van der Waals surface area contributed by atoms with Crippen LogP contribution in [0.2, 0.25) is 0 Å². The van der Waals surface area contributed by atoms with Crippen LogP contribution in [-0.2, 0) is 6.54 Å². The van der Waals surface area contributed by atoms with Gasteiger partial charge in [0.15, 0.2) is 0 Å². The van der Waals surface area contributed by atoms with Gasteiger partial charge in [0.05, 0.1) is 5.56 Å². The highest BCUT2D eigenvalue weighted by Crippen LogP contribution is 2.40. The molecule has 0 atom stereocenters. The summed E-state index contributed by atoms with van der Waals surface area (Å²) in [7, 11) is 0. The smallest absolute Gasteiger partial charge is 0.254 e. The molecule has 0 saturated carbocycles. The molecule has 2 aliphatic heterocycles. The fourth-order valence-corrected chi connectivity index (χ4v) is 4.83. The number of carbonyl (C=O) groups excluding carboxylic acids is 1. The minimum Gasteiger partial charge on any atom is -0.337 e. The van der Waals surface area contributed by atoms with Gasteiger partial charge in [-0.2, -0.15) is 22.7 Å². The van der Waals surface area contributed by atoms with Crippen molar-refractivity contribution in [2.24, 2.45) is 5.41 Å². The summed E-state index contributed by atoms with van der Waals surface area (Å²) in [6.45, 7) is 5.22. The van der Waals surface area contributed by atoms with Crippen molar-refractivity contribution in [3.8, 4) is 0 Å². The first-order valence-electron chi connectivity index (χ1n) is 7.29. The molecule has 2 aliphatic rings. The number of hydrogen-bond donors (Lipinski definition) is 0. The van der Waals surface area contributed by atoms with Crippen molar-refractivity contribution in [2.75, 3.05) is 26.2 Å². The van der Waals surface area contributed by atoms with Crippen molar-refractivity contribution in [1.82, 2.24) is 9.80 Å². The Labute approximate surface area is 132 Å². The van der Waals surface area contributed by atoms with E-state index in [1.807, 2.05) is 21.7 Å². The number of likely N-dealkylation sites (tertiary alicyclic amines) is 2. The van der Waals surface area contributed by atoms with Crippen LogP contribution in [0.25, 0.3) is 0 Å². The fraction of sp³-hybridized carbons (Fsp3) is 0.438. The van der Waals surface area contributed by atoms with Crippen LogP contribution in [0.15, 0.2) is 33.7 Å². The van der Waals surface area contributed by atoms with Gasteiger partial charge in [-0.3, -0.25) is 9.69 Å². The normalized spacial score (nSPS) is 20.9. The standard InChI is InChI=1S/C16H18N2OS2/c19-15(14-2-6-21-9-14)18-11-16(12-18)3-4-17(10-16)7-13-1-5-20-8-13/h1-2,5-6,8-9H,3-4,7,10-12H2. The SMILES string of the molecule is O=C(c1ccsc1)N1CC2(CCN(Cc3ccsc3)C2)C1. The molecule has 0 radical (unpaired) electrons. The lowest BCUT2D eigenvalue weighted by Crippen LogP contribution is -2.59. The second-order valence-corrected chi connectivity index (χ2v) is 7.83. The fourth-order valence-electron chi connectivity index (χ4n) is 3.54. The molecule has 21 heavy (non-hydrogen) atoms. The van der Waals surface area contributed by atoms with E-state index in [9.17, 15) is 4.79 Å². The quantitative estimate of drug-likeness (QED) is 0.868. The third-order valence-electron chi connectivity index (χ3n) is 4.61. The molecule has 0 N–H and O–H groups in total. The Morgan fingerprint density at radius 3 is 2.67 bits per heavy atom. The van der Waals surface area contributed by atoms with E-state index in [0.29, 0.717) is 5.41 Å². The van der Waals surface area contributed by atoms with Crippen molar-refractivity contribution in [3.63, 3.8) is 0 Å². The maximum Gasteiger partial charge on any atom is 0.254 e. The van der Waals surface area contributed by atoms with Crippen LogP contribution in [0.5, 0.6) is 0 Å². The van der Waals surface area contributed by atoms with Crippen LogP contribution in [0.1, 0.15) is 22.3 Å². The van der Waals surface area contributed by atoms with Gasteiger partial charge >= 0.3 is 0 Å². The predicted octanol–water partition coefficient (Wildman–Crippen LogP) is 3.16. The molecule has 2 aromatic heterocycles. The van der Waals surface area contributed by atoms with Gasteiger partial charge in [-0.25, -0.2) is 0 Å². The van der Waals surface area contributed by atoms with Crippen molar-refractivity contribution in [3.05, 3.63) is 44.8 Å². The molecule has 1 spiro atoms. The summed E-state index contributed by atoms with van der Waals surface area (Å²) in [6, 6.07) is 4.14. The zero-order valence-corrected chi connectivity index (χ0v) is 13.5. The third kappa shape index (κ3) is 2.54. The maximum atomic E-state index is 12.3. The van der Waals surface area contributed by atoms with E-state index in [0.717, 1.165) is 38.3 Å². The van der Waals surface area contributed by atoms with E-state index in [1.165, 1.54) is 12.0 Å². The second-order valence-electron chi connectivity index (χ2n) is 6.27. The first kappa shape index (κ1) is 13.5. The maximum absolute atomic E-state index is 12.3.